The first-order valence-corrected chi connectivity index (χ1v) is 7.03. The average Bonchev–Trinajstić information content (AvgIpc) is 2.74. The smallest absolute Gasteiger partial charge is 0.399 e. The molecule has 1 saturated heterocycles. The van der Waals surface area contributed by atoms with Gasteiger partial charge in [-0.15, -0.1) is 0 Å². The number of fused-ring (bicyclic) bond motifs is 1. The lowest BCUT2D eigenvalue weighted by Gasteiger charge is -2.32. The van der Waals surface area contributed by atoms with Gasteiger partial charge in [0.1, 0.15) is 0 Å². The Labute approximate surface area is 115 Å². The highest BCUT2D eigenvalue weighted by molar-refractivity contribution is 6.62. The Balaban J connectivity index is 1.88. The maximum Gasteiger partial charge on any atom is 0.494 e. The van der Waals surface area contributed by atoms with Crippen molar-refractivity contribution in [1.82, 2.24) is 0 Å². The molecule has 1 aromatic carbocycles. The minimum atomic E-state index is -0.276. The zero-order chi connectivity index (χ0) is 13.8. The minimum Gasteiger partial charge on any atom is -0.399 e. The van der Waals surface area contributed by atoms with Gasteiger partial charge in [0.25, 0.3) is 0 Å². The van der Waals surface area contributed by atoms with E-state index in [-0.39, 0.29) is 18.3 Å². The van der Waals surface area contributed by atoms with Crippen LogP contribution < -0.4 is 10.8 Å². The van der Waals surface area contributed by atoms with Crippen LogP contribution in [0.1, 0.15) is 40.2 Å². The first kappa shape index (κ1) is 13.0. The zero-order valence-corrected chi connectivity index (χ0v) is 12.4. The molecular weight excluding hydrogens is 237 g/mol. The fourth-order valence-corrected chi connectivity index (χ4v) is 2.70. The summed E-state index contributed by atoms with van der Waals surface area (Å²) in [6, 6.07) is 6.97. The lowest BCUT2D eigenvalue weighted by molar-refractivity contribution is 0.00578. The SMILES string of the molecule is C[C@H]1Cc2cc(B3OC(C)(C)C(C)(C)O3)ccc2N1. The van der Waals surface area contributed by atoms with Crippen molar-refractivity contribution in [2.24, 2.45) is 0 Å². The maximum absolute atomic E-state index is 6.09. The van der Waals surface area contributed by atoms with Crippen molar-refractivity contribution in [2.75, 3.05) is 5.32 Å². The predicted molar refractivity (Wildman–Crippen MR) is 78.9 cm³/mol. The Morgan fingerprint density at radius 1 is 1.16 bits per heavy atom. The highest BCUT2D eigenvalue weighted by atomic mass is 16.7. The molecule has 0 radical (unpaired) electrons. The largest absolute Gasteiger partial charge is 0.494 e. The molecule has 0 spiro atoms. The van der Waals surface area contributed by atoms with E-state index in [0.717, 1.165) is 11.9 Å². The van der Waals surface area contributed by atoms with E-state index in [1.165, 1.54) is 11.3 Å². The van der Waals surface area contributed by atoms with Crippen molar-refractivity contribution in [3.8, 4) is 0 Å². The van der Waals surface area contributed by atoms with Gasteiger partial charge in [-0.1, -0.05) is 12.1 Å². The van der Waals surface area contributed by atoms with Crippen LogP contribution in [0.5, 0.6) is 0 Å². The highest BCUT2D eigenvalue weighted by Gasteiger charge is 2.51. The number of rotatable bonds is 1. The molecule has 0 aliphatic carbocycles. The van der Waals surface area contributed by atoms with E-state index in [1.807, 2.05) is 0 Å². The number of nitrogens with one attached hydrogen (secondary N) is 1. The van der Waals surface area contributed by atoms with Crippen molar-refractivity contribution >= 4 is 18.3 Å². The summed E-state index contributed by atoms with van der Waals surface area (Å²) in [5, 5.41) is 3.47. The molecule has 1 N–H and O–H groups in total. The van der Waals surface area contributed by atoms with Crippen LogP contribution in [0.15, 0.2) is 18.2 Å². The normalized spacial score (nSPS) is 27.2. The third-order valence-electron chi connectivity index (χ3n) is 4.58. The van der Waals surface area contributed by atoms with E-state index in [2.05, 4.69) is 58.1 Å². The maximum atomic E-state index is 6.09. The molecule has 2 aliphatic rings. The minimum absolute atomic E-state index is 0.258. The Morgan fingerprint density at radius 3 is 2.42 bits per heavy atom. The van der Waals surface area contributed by atoms with E-state index >= 15 is 0 Å². The zero-order valence-electron chi connectivity index (χ0n) is 12.4. The molecule has 0 amide bonds. The highest BCUT2D eigenvalue weighted by Crippen LogP contribution is 2.36. The molecule has 0 unspecified atom stereocenters. The van der Waals surface area contributed by atoms with Crippen molar-refractivity contribution in [3.63, 3.8) is 0 Å². The topological polar surface area (TPSA) is 30.5 Å². The van der Waals surface area contributed by atoms with Gasteiger partial charge in [-0.25, -0.2) is 0 Å². The Kier molecular flexibility index (Phi) is 2.74. The molecule has 1 fully saturated rings. The molecule has 1 atom stereocenters. The van der Waals surface area contributed by atoms with Gasteiger partial charge < -0.3 is 14.6 Å². The van der Waals surface area contributed by atoms with E-state index in [9.17, 15) is 0 Å². The molecule has 102 valence electrons. The van der Waals surface area contributed by atoms with Crippen LogP contribution in [0.4, 0.5) is 5.69 Å². The average molecular weight is 259 g/mol. The molecule has 1 aromatic rings. The summed E-state index contributed by atoms with van der Waals surface area (Å²) in [7, 11) is -0.258. The molecule has 0 bridgehead atoms. The molecule has 0 saturated carbocycles. The van der Waals surface area contributed by atoms with E-state index in [4.69, 9.17) is 9.31 Å². The fourth-order valence-electron chi connectivity index (χ4n) is 2.70. The fraction of sp³-hybridized carbons (Fsp3) is 0.600. The Morgan fingerprint density at radius 2 is 1.79 bits per heavy atom. The first-order chi connectivity index (χ1) is 8.78. The van der Waals surface area contributed by atoms with Gasteiger partial charge in [0.15, 0.2) is 0 Å². The van der Waals surface area contributed by atoms with Gasteiger partial charge >= 0.3 is 7.12 Å². The summed E-state index contributed by atoms with van der Waals surface area (Å²) in [6.07, 6.45) is 1.07. The summed E-state index contributed by atoms with van der Waals surface area (Å²) >= 11 is 0. The summed E-state index contributed by atoms with van der Waals surface area (Å²) in [6.45, 7) is 10.6. The molecule has 2 heterocycles. The number of anilines is 1. The quantitative estimate of drug-likeness (QED) is 0.785. The van der Waals surface area contributed by atoms with E-state index < -0.39 is 0 Å². The third-order valence-corrected chi connectivity index (χ3v) is 4.58. The second kappa shape index (κ2) is 4.00. The van der Waals surface area contributed by atoms with Gasteiger partial charge in [0.05, 0.1) is 11.2 Å². The van der Waals surface area contributed by atoms with Gasteiger partial charge in [-0.3, -0.25) is 0 Å². The number of hydrogen-bond acceptors (Lipinski definition) is 3. The van der Waals surface area contributed by atoms with Crippen LogP contribution in [-0.4, -0.2) is 24.4 Å². The molecular formula is C15H22BNO2. The summed E-state index contributed by atoms with van der Waals surface area (Å²) in [5.41, 5.74) is 3.17. The molecule has 0 aromatic heterocycles. The van der Waals surface area contributed by atoms with Crippen LogP contribution in [0.3, 0.4) is 0 Å². The van der Waals surface area contributed by atoms with Crippen LogP contribution >= 0.6 is 0 Å². The monoisotopic (exact) mass is 259 g/mol. The molecule has 3 rings (SSSR count). The summed E-state index contributed by atoms with van der Waals surface area (Å²) < 4.78 is 12.2. The van der Waals surface area contributed by atoms with E-state index in [1.54, 1.807) is 0 Å². The van der Waals surface area contributed by atoms with Crippen molar-refractivity contribution in [2.45, 2.75) is 58.3 Å². The predicted octanol–water partition coefficient (Wildman–Crippen LogP) is 2.34. The van der Waals surface area contributed by atoms with Crippen LogP contribution in [0.25, 0.3) is 0 Å². The molecule has 2 aliphatic heterocycles. The van der Waals surface area contributed by atoms with Crippen LogP contribution in [0.2, 0.25) is 0 Å². The van der Waals surface area contributed by atoms with Crippen molar-refractivity contribution in [3.05, 3.63) is 23.8 Å². The summed E-state index contributed by atoms with van der Waals surface area (Å²) in [5.74, 6) is 0. The molecule has 3 nitrogen and oxygen atoms in total. The molecule has 19 heavy (non-hydrogen) atoms. The lowest BCUT2D eigenvalue weighted by atomic mass is 9.78. The third kappa shape index (κ3) is 2.07. The lowest BCUT2D eigenvalue weighted by Crippen LogP contribution is -2.41. The van der Waals surface area contributed by atoms with E-state index in [0.29, 0.717) is 6.04 Å². The Hall–Kier alpha value is -0.995. The van der Waals surface area contributed by atoms with Crippen molar-refractivity contribution < 1.29 is 9.31 Å². The second-order valence-corrected chi connectivity index (χ2v) is 6.75. The van der Waals surface area contributed by atoms with Crippen LogP contribution in [-0.2, 0) is 15.7 Å². The second-order valence-electron chi connectivity index (χ2n) is 6.75. The number of hydrogen-bond donors (Lipinski definition) is 1. The first-order valence-electron chi connectivity index (χ1n) is 7.03. The van der Waals surface area contributed by atoms with Crippen LogP contribution in [0, 0.1) is 0 Å². The molecule has 4 heteroatoms. The van der Waals surface area contributed by atoms with Gasteiger partial charge in [0, 0.05) is 11.7 Å². The standard InChI is InChI=1S/C15H22BNO2/c1-10-8-11-9-12(6-7-13(11)17-10)16-18-14(2,3)15(4,5)19-16/h6-7,9-10,17H,8H2,1-5H3/t10-/m0/s1. The number of benzene rings is 1. The summed E-state index contributed by atoms with van der Waals surface area (Å²) in [4.78, 5) is 0. The Bertz CT molecular complexity index is 497. The van der Waals surface area contributed by atoms with Gasteiger partial charge in [0.2, 0.25) is 0 Å². The van der Waals surface area contributed by atoms with Crippen molar-refractivity contribution in [1.29, 1.82) is 0 Å². The van der Waals surface area contributed by atoms with Gasteiger partial charge in [-0.05, 0) is 58.1 Å². The van der Waals surface area contributed by atoms with Gasteiger partial charge in [-0.2, -0.15) is 0 Å².